The van der Waals surface area contributed by atoms with Gasteiger partial charge in [0.25, 0.3) is 0 Å². The molecular weight excluding hydrogens is 242 g/mol. The number of benzene rings is 1. The van der Waals surface area contributed by atoms with Crippen molar-refractivity contribution in [3.8, 4) is 17.1 Å². The van der Waals surface area contributed by atoms with E-state index in [0.29, 0.717) is 6.42 Å². The van der Waals surface area contributed by atoms with E-state index in [1.165, 1.54) is 0 Å². The Bertz CT molecular complexity index is 564. The molecule has 0 radical (unpaired) electrons. The van der Waals surface area contributed by atoms with Crippen LogP contribution < -0.4 is 4.74 Å². The maximum absolute atomic E-state index is 10.3. The quantitative estimate of drug-likeness (QED) is 0.588. The number of carbonyl (C=O) groups is 1. The zero-order valence-corrected chi connectivity index (χ0v) is 11.2. The minimum Gasteiger partial charge on any atom is -0.497 e. The van der Waals surface area contributed by atoms with Gasteiger partial charge in [-0.3, -0.25) is 0 Å². The Balaban J connectivity index is 2.22. The molecule has 1 aromatic heterocycles. The van der Waals surface area contributed by atoms with E-state index in [4.69, 9.17) is 4.74 Å². The van der Waals surface area contributed by atoms with Crippen molar-refractivity contribution >= 4 is 6.29 Å². The Morgan fingerprint density at radius 1 is 1.37 bits per heavy atom. The van der Waals surface area contributed by atoms with Gasteiger partial charge in [-0.05, 0) is 18.6 Å². The summed E-state index contributed by atoms with van der Waals surface area (Å²) >= 11 is 0. The van der Waals surface area contributed by atoms with Crippen LogP contribution in [0, 0.1) is 0 Å². The molecule has 0 saturated carbocycles. The molecule has 0 aliphatic heterocycles. The Morgan fingerprint density at radius 3 is 2.95 bits per heavy atom. The Kier molecular flexibility index (Phi) is 4.28. The molecule has 2 rings (SSSR count). The molecule has 0 unspecified atom stereocenters. The lowest BCUT2D eigenvalue weighted by Crippen LogP contribution is -2.00. The number of aldehydes is 1. The van der Waals surface area contributed by atoms with Crippen LogP contribution in [0.3, 0.4) is 0 Å². The summed E-state index contributed by atoms with van der Waals surface area (Å²) in [5, 5.41) is 8.38. The average molecular weight is 259 g/mol. The first-order valence-electron chi connectivity index (χ1n) is 6.22. The van der Waals surface area contributed by atoms with Gasteiger partial charge in [0.1, 0.15) is 17.9 Å². The molecule has 1 heterocycles. The zero-order chi connectivity index (χ0) is 13.7. The molecule has 0 bridgehead atoms. The van der Waals surface area contributed by atoms with E-state index in [0.717, 1.165) is 42.1 Å². The van der Waals surface area contributed by atoms with Gasteiger partial charge in [0.2, 0.25) is 0 Å². The molecule has 5 nitrogen and oxygen atoms in total. The van der Waals surface area contributed by atoms with E-state index in [2.05, 4.69) is 10.2 Å². The van der Waals surface area contributed by atoms with Crippen LogP contribution in [-0.2, 0) is 18.3 Å². The van der Waals surface area contributed by atoms with E-state index >= 15 is 0 Å². The lowest BCUT2D eigenvalue weighted by molar-refractivity contribution is -0.107. The maximum atomic E-state index is 10.3. The molecule has 0 aliphatic carbocycles. The molecule has 0 fully saturated rings. The summed E-state index contributed by atoms with van der Waals surface area (Å²) in [5.74, 6) is 2.49. The van der Waals surface area contributed by atoms with Gasteiger partial charge in [0.15, 0.2) is 5.82 Å². The van der Waals surface area contributed by atoms with E-state index in [1.54, 1.807) is 7.11 Å². The molecule has 0 N–H and O–H groups in total. The van der Waals surface area contributed by atoms with Crippen LogP contribution >= 0.6 is 0 Å². The minimum absolute atomic E-state index is 0.557. The summed E-state index contributed by atoms with van der Waals surface area (Å²) in [6, 6.07) is 7.72. The van der Waals surface area contributed by atoms with E-state index in [-0.39, 0.29) is 0 Å². The summed E-state index contributed by atoms with van der Waals surface area (Å²) < 4.78 is 7.16. The normalized spacial score (nSPS) is 10.4. The summed E-state index contributed by atoms with van der Waals surface area (Å²) in [6.07, 6.45) is 3.04. The fraction of sp³-hybridized carbons (Fsp3) is 0.357. The zero-order valence-electron chi connectivity index (χ0n) is 11.2. The molecule has 0 saturated heterocycles. The van der Waals surface area contributed by atoms with Crippen LogP contribution in [0.2, 0.25) is 0 Å². The van der Waals surface area contributed by atoms with Crippen LogP contribution in [0.4, 0.5) is 0 Å². The van der Waals surface area contributed by atoms with Crippen LogP contribution in [-0.4, -0.2) is 28.2 Å². The van der Waals surface area contributed by atoms with Crippen molar-refractivity contribution in [1.82, 2.24) is 14.8 Å². The number of nitrogens with zero attached hydrogens (tertiary/aromatic N) is 3. The number of methoxy groups -OCH3 is 1. The highest BCUT2D eigenvalue weighted by atomic mass is 16.5. The summed E-state index contributed by atoms with van der Waals surface area (Å²) in [6.45, 7) is 0. The van der Waals surface area contributed by atoms with Gasteiger partial charge in [-0.25, -0.2) is 0 Å². The number of aryl methyl sites for hydroxylation is 1. The van der Waals surface area contributed by atoms with Crippen LogP contribution in [0.5, 0.6) is 5.75 Å². The van der Waals surface area contributed by atoms with Gasteiger partial charge in [0, 0.05) is 25.5 Å². The van der Waals surface area contributed by atoms with Crippen LogP contribution in [0.1, 0.15) is 18.7 Å². The topological polar surface area (TPSA) is 57.0 Å². The third-order valence-corrected chi connectivity index (χ3v) is 3.02. The van der Waals surface area contributed by atoms with Gasteiger partial charge in [0.05, 0.1) is 7.11 Å². The number of unbranched alkanes of at least 4 members (excludes halogenated alkanes) is 1. The van der Waals surface area contributed by atoms with Gasteiger partial charge >= 0.3 is 0 Å². The second-order valence-corrected chi connectivity index (χ2v) is 4.29. The monoisotopic (exact) mass is 259 g/mol. The van der Waals surface area contributed by atoms with Crippen molar-refractivity contribution in [2.24, 2.45) is 7.05 Å². The Morgan fingerprint density at radius 2 is 2.21 bits per heavy atom. The summed E-state index contributed by atoms with van der Waals surface area (Å²) in [7, 11) is 3.58. The molecule has 19 heavy (non-hydrogen) atoms. The van der Waals surface area contributed by atoms with Gasteiger partial charge in [-0.2, -0.15) is 0 Å². The van der Waals surface area contributed by atoms with Crippen LogP contribution in [0.15, 0.2) is 24.3 Å². The van der Waals surface area contributed by atoms with Crippen molar-refractivity contribution in [3.05, 3.63) is 30.1 Å². The van der Waals surface area contributed by atoms with Crippen molar-refractivity contribution in [1.29, 1.82) is 0 Å². The number of carbonyl (C=O) groups excluding carboxylic acids is 1. The highest BCUT2D eigenvalue weighted by Crippen LogP contribution is 2.22. The van der Waals surface area contributed by atoms with Crippen molar-refractivity contribution in [2.45, 2.75) is 19.3 Å². The van der Waals surface area contributed by atoms with Gasteiger partial charge in [-0.1, -0.05) is 12.1 Å². The second-order valence-electron chi connectivity index (χ2n) is 4.29. The third kappa shape index (κ3) is 2.99. The fourth-order valence-corrected chi connectivity index (χ4v) is 1.94. The maximum Gasteiger partial charge on any atom is 0.163 e. The van der Waals surface area contributed by atoms with Gasteiger partial charge in [-0.15, -0.1) is 10.2 Å². The molecule has 0 atom stereocenters. The van der Waals surface area contributed by atoms with Crippen molar-refractivity contribution < 1.29 is 9.53 Å². The fourth-order valence-electron chi connectivity index (χ4n) is 1.94. The SMILES string of the molecule is COc1cccc(-c2nnc(CCCC=O)n2C)c1. The second kappa shape index (κ2) is 6.13. The standard InChI is InChI=1S/C14H17N3O2/c1-17-13(8-3-4-9-18)15-16-14(17)11-6-5-7-12(10-11)19-2/h5-7,9-10H,3-4,8H2,1-2H3. The first kappa shape index (κ1) is 13.3. The first-order valence-corrected chi connectivity index (χ1v) is 6.22. The molecule has 0 aliphatic rings. The Hall–Kier alpha value is -2.17. The van der Waals surface area contributed by atoms with Crippen molar-refractivity contribution in [3.63, 3.8) is 0 Å². The van der Waals surface area contributed by atoms with E-state index in [9.17, 15) is 4.79 Å². The van der Waals surface area contributed by atoms with Gasteiger partial charge < -0.3 is 14.1 Å². The number of hydrogen-bond donors (Lipinski definition) is 0. The number of rotatable bonds is 6. The summed E-state index contributed by atoms with van der Waals surface area (Å²) in [4.78, 5) is 10.3. The van der Waals surface area contributed by atoms with Crippen LogP contribution in [0.25, 0.3) is 11.4 Å². The predicted molar refractivity (Wildman–Crippen MR) is 72.0 cm³/mol. The Labute approximate surface area is 112 Å². The molecule has 5 heteroatoms. The predicted octanol–water partition coefficient (Wildman–Crippen LogP) is 2.01. The highest BCUT2D eigenvalue weighted by Gasteiger charge is 2.10. The molecule has 1 aromatic carbocycles. The lowest BCUT2D eigenvalue weighted by atomic mass is 10.2. The largest absolute Gasteiger partial charge is 0.497 e. The minimum atomic E-state index is 0.557. The molecule has 0 spiro atoms. The van der Waals surface area contributed by atoms with E-state index in [1.807, 2.05) is 35.9 Å². The third-order valence-electron chi connectivity index (χ3n) is 3.02. The number of ether oxygens (including phenoxy) is 1. The highest BCUT2D eigenvalue weighted by molar-refractivity contribution is 5.57. The molecule has 0 amide bonds. The first-order chi connectivity index (χ1) is 9.26. The average Bonchev–Trinajstić information content (AvgIpc) is 2.81. The molecular formula is C14H17N3O2. The smallest absolute Gasteiger partial charge is 0.163 e. The number of aromatic nitrogens is 3. The van der Waals surface area contributed by atoms with Crippen molar-refractivity contribution in [2.75, 3.05) is 7.11 Å². The molecule has 100 valence electrons. The van der Waals surface area contributed by atoms with E-state index < -0.39 is 0 Å². The summed E-state index contributed by atoms with van der Waals surface area (Å²) in [5.41, 5.74) is 0.969. The lowest BCUT2D eigenvalue weighted by Gasteiger charge is -2.05. The molecule has 2 aromatic rings. The number of hydrogen-bond acceptors (Lipinski definition) is 4.